The highest BCUT2D eigenvalue weighted by Gasteiger charge is 2.17. The van der Waals surface area contributed by atoms with Crippen LogP contribution in [-0.4, -0.2) is 14.9 Å². The van der Waals surface area contributed by atoms with E-state index in [1.54, 1.807) is 26.0 Å². The lowest BCUT2D eigenvalue weighted by Crippen LogP contribution is -2.38. The molecule has 0 radical (unpaired) electrons. The molecule has 27 heavy (non-hydrogen) atoms. The van der Waals surface area contributed by atoms with Gasteiger partial charge in [0.15, 0.2) is 0 Å². The van der Waals surface area contributed by atoms with Crippen molar-refractivity contribution >= 4 is 22.1 Å². The molecule has 0 aliphatic heterocycles. The number of halogens is 1. The van der Waals surface area contributed by atoms with Gasteiger partial charge in [-0.3, -0.25) is 14.0 Å². The zero-order valence-corrected chi connectivity index (χ0v) is 15.5. The number of benzene rings is 1. The predicted octanol–water partition coefficient (Wildman–Crippen LogP) is 1.92. The summed E-state index contributed by atoms with van der Waals surface area (Å²) in [6, 6.07) is 5.79. The second-order valence-corrected chi connectivity index (χ2v) is 6.84. The highest BCUT2D eigenvalue weighted by Crippen LogP contribution is 2.18. The molecule has 1 aromatic carbocycles. The number of carbonyl (C=O) groups is 1. The first-order valence-corrected chi connectivity index (χ1v) is 8.92. The number of rotatable bonds is 4. The molecule has 0 saturated heterocycles. The number of fused-ring (bicyclic) bond motifs is 1. The summed E-state index contributed by atoms with van der Waals surface area (Å²) in [7, 11) is 0. The van der Waals surface area contributed by atoms with Crippen LogP contribution in [0.4, 0.5) is 4.39 Å². The molecule has 0 aliphatic carbocycles. The standard InChI is InChI=1S/C19H16FN3O3S/c1-3-4-9-22-17(25)12(2)18-23(19(22)26)11-15(27-18)16(24)21-10-13-5-7-14(20)8-6-13/h5-8,11H,9-10H2,1-2H3,(H,21,24). The van der Waals surface area contributed by atoms with Crippen LogP contribution in [0, 0.1) is 24.6 Å². The van der Waals surface area contributed by atoms with Gasteiger partial charge in [-0.1, -0.05) is 18.1 Å². The number of carbonyl (C=O) groups excluding carboxylic acids is 1. The van der Waals surface area contributed by atoms with Crippen molar-refractivity contribution in [1.29, 1.82) is 0 Å². The van der Waals surface area contributed by atoms with Crippen LogP contribution in [0.3, 0.4) is 0 Å². The number of aromatic nitrogens is 2. The third kappa shape index (κ3) is 3.68. The molecule has 0 aliphatic rings. The molecule has 2 aromatic heterocycles. The van der Waals surface area contributed by atoms with E-state index in [0.717, 1.165) is 21.5 Å². The summed E-state index contributed by atoms with van der Waals surface area (Å²) < 4.78 is 15.3. The zero-order chi connectivity index (χ0) is 19.6. The molecule has 0 bridgehead atoms. The molecule has 0 fully saturated rings. The van der Waals surface area contributed by atoms with Crippen molar-refractivity contribution in [2.45, 2.75) is 26.9 Å². The molecule has 0 unspecified atom stereocenters. The van der Waals surface area contributed by atoms with Crippen molar-refractivity contribution < 1.29 is 9.18 Å². The van der Waals surface area contributed by atoms with E-state index in [9.17, 15) is 18.8 Å². The molecule has 1 amide bonds. The first-order chi connectivity index (χ1) is 12.9. The summed E-state index contributed by atoms with van der Waals surface area (Å²) in [5.41, 5.74) is 0.187. The first kappa shape index (κ1) is 18.6. The second-order valence-electron chi connectivity index (χ2n) is 5.81. The minimum atomic E-state index is -0.530. The van der Waals surface area contributed by atoms with E-state index in [2.05, 4.69) is 17.2 Å². The average molecular weight is 385 g/mol. The first-order valence-electron chi connectivity index (χ1n) is 8.10. The van der Waals surface area contributed by atoms with Gasteiger partial charge in [0.2, 0.25) is 0 Å². The SMILES string of the molecule is CC#CCn1c(=O)c(C)c2sc(C(=O)NCc3ccc(F)cc3)cn2c1=O. The third-order valence-electron chi connectivity index (χ3n) is 4.00. The fourth-order valence-corrected chi connectivity index (χ4v) is 3.54. The van der Waals surface area contributed by atoms with Crippen LogP contribution in [-0.2, 0) is 13.1 Å². The Morgan fingerprint density at radius 2 is 1.96 bits per heavy atom. The molecule has 1 N–H and O–H groups in total. The van der Waals surface area contributed by atoms with E-state index in [1.165, 1.54) is 22.7 Å². The lowest BCUT2D eigenvalue weighted by Gasteiger charge is -2.03. The number of nitrogens with zero attached hydrogens (tertiary/aromatic N) is 2. The van der Waals surface area contributed by atoms with Crippen LogP contribution in [0.5, 0.6) is 0 Å². The Kier molecular flexibility index (Phi) is 5.23. The van der Waals surface area contributed by atoms with Crippen molar-refractivity contribution in [3.8, 4) is 11.8 Å². The number of nitrogens with one attached hydrogen (secondary N) is 1. The van der Waals surface area contributed by atoms with Gasteiger partial charge in [0.1, 0.15) is 15.5 Å². The average Bonchev–Trinajstić information content (AvgIpc) is 3.11. The Labute approximate surface area is 157 Å². The molecule has 0 saturated carbocycles. The highest BCUT2D eigenvalue weighted by atomic mass is 32.1. The van der Waals surface area contributed by atoms with E-state index in [-0.39, 0.29) is 24.8 Å². The molecule has 6 nitrogen and oxygen atoms in total. The van der Waals surface area contributed by atoms with Crippen molar-refractivity contribution in [2.75, 3.05) is 0 Å². The summed E-state index contributed by atoms with van der Waals surface area (Å²) in [4.78, 5) is 38.1. The maximum Gasteiger partial charge on any atom is 0.337 e. The van der Waals surface area contributed by atoms with Gasteiger partial charge in [-0.2, -0.15) is 0 Å². The van der Waals surface area contributed by atoms with Crippen molar-refractivity contribution in [2.24, 2.45) is 0 Å². The maximum atomic E-state index is 12.9. The highest BCUT2D eigenvalue weighted by molar-refractivity contribution is 7.19. The van der Waals surface area contributed by atoms with Crippen LogP contribution in [0.1, 0.15) is 27.7 Å². The van der Waals surface area contributed by atoms with Crippen molar-refractivity contribution in [3.63, 3.8) is 0 Å². The van der Waals surface area contributed by atoms with Gasteiger partial charge >= 0.3 is 5.69 Å². The van der Waals surface area contributed by atoms with E-state index >= 15 is 0 Å². The van der Waals surface area contributed by atoms with Gasteiger partial charge in [0, 0.05) is 18.3 Å². The molecular formula is C19H16FN3O3S. The predicted molar refractivity (Wildman–Crippen MR) is 102 cm³/mol. The quantitative estimate of drug-likeness (QED) is 0.698. The summed E-state index contributed by atoms with van der Waals surface area (Å²) in [6.07, 6.45) is 1.42. The molecule has 0 spiro atoms. The molecule has 3 rings (SSSR count). The second kappa shape index (κ2) is 7.60. The molecule has 138 valence electrons. The fourth-order valence-electron chi connectivity index (χ4n) is 2.54. The van der Waals surface area contributed by atoms with Crippen molar-refractivity contribution in [1.82, 2.24) is 14.3 Å². The number of hydrogen-bond donors (Lipinski definition) is 1. The van der Waals surface area contributed by atoms with Crippen LogP contribution < -0.4 is 16.6 Å². The van der Waals surface area contributed by atoms with Gasteiger partial charge < -0.3 is 5.32 Å². The number of aryl methyl sites for hydroxylation is 1. The Hall–Kier alpha value is -3.18. The van der Waals surface area contributed by atoms with Crippen molar-refractivity contribution in [3.05, 3.63) is 73.1 Å². The molecule has 0 atom stereocenters. The minimum Gasteiger partial charge on any atom is -0.347 e. The molecule has 8 heteroatoms. The minimum absolute atomic E-state index is 0.000109. The van der Waals surface area contributed by atoms with Crippen LogP contribution in [0.25, 0.3) is 4.83 Å². The van der Waals surface area contributed by atoms with E-state index in [1.807, 2.05) is 0 Å². The Morgan fingerprint density at radius 3 is 2.63 bits per heavy atom. The van der Waals surface area contributed by atoms with Gasteiger partial charge in [-0.05, 0) is 31.5 Å². The summed E-state index contributed by atoms with van der Waals surface area (Å²) in [5.74, 6) is 4.64. The number of thiazole rings is 1. The summed E-state index contributed by atoms with van der Waals surface area (Å²) >= 11 is 1.07. The lowest BCUT2D eigenvalue weighted by atomic mass is 10.2. The topological polar surface area (TPSA) is 72.6 Å². The van der Waals surface area contributed by atoms with Gasteiger partial charge in [0.05, 0.1) is 6.54 Å². The number of hydrogen-bond acceptors (Lipinski definition) is 4. The van der Waals surface area contributed by atoms with Crippen LogP contribution in [0.15, 0.2) is 40.1 Å². The molecule has 2 heterocycles. The van der Waals surface area contributed by atoms with E-state index < -0.39 is 11.2 Å². The Balaban J connectivity index is 1.92. The smallest absolute Gasteiger partial charge is 0.337 e. The molecule has 3 aromatic rings. The van der Waals surface area contributed by atoms with E-state index in [0.29, 0.717) is 15.3 Å². The van der Waals surface area contributed by atoms with Crippen LogP contribution >= 0.6 is 11.3 Å². The normalized spacial score (nSPS) is 10.5. The zero-order valence-electron chi connectivity index (χ0n) is 14.7. The Morgan fingerprint density at radius 1 is 1.26 bits per heavy atom. The third-order valence-corrected chi connectivity index (χ3v) is 5.21. The van der Waals surface area contributed by atoms with Gasteiger partial charge in [-0.15, -0.1) is 17.3 Å². The fraction of sp³-hybridized carbons (Fsp3) is 0.211. The summed E-state index contributed by atoms with van der Waals surface area (Å²) in [5, 5.41) is 2.72. The van der Waals surface area contributed by atoms with Gasteiger partial charge in [0.25, 0.3) is 11.5 Å². The maximum absolute atomic E-state index is 12.9. The van der Waals surface area contributed by atoms with Gasteiger partial charge in [-0.25, -0.2) is 13.8 Å². The molecular weight excluding hydrogens is 369 g/mol. The largest absolute Gasteiger partial charge is 0.347 e. The number of amides is 1. The monoisotopic (exact) mass is 385 g/mol. The van der Waals surface area contributed by atoms with E-state index in [4.69, 9.17) is 0 Å². The lowest BCUT2D eigenvalue weighted by molar-refractivity contribution is 0.0954. The van der Waals surface area contributed by atoms with Crippen LogP contribution in [0.2, 0.25) is 0 Å². The Bertz CT molecular complexity index is 1190. The summed E-state index contributed by atoms with van der Waals surface area (Å²) in [6.45, 7) is 3.46.